The molecule has 0 aromatic rings. The minimum absolute atomic E-state index is 0.551. The third-order valence-electron chi connectivity index (χ3n) is 2.72. The van der Waals surface area contributed by atoms with Crippen molar-refractivity contribution in [1.82, 2.24) is 0 Å². The van der Waals surface area contributed by atoms with E-state index >= 15 is 0 Å². The summed E-state index contributed by atoms with van der Waals surface area (Å²) in [6, 6.07) is 0. The molecule has 0 fully saturated rings. The van der Waals surface area contributed by atoms with Crippen LogP contribution in [0.3, 0.4) is 0 Å². The number of carboxylic acids is 1. The molecule has 2 unspecified atom stereocenters. The van der Waals surface area contributed by atoms with Crippen molar-refractivity contribution in [2.45, 2.75) is 34.1 Å². The van der Waals surface area contributed by atoms with E-state index in [1.807, 2.05) is 0 Å². The van der Waals surface area contributed by atoms with Crippen LogP contribution < -0.4 is 0 Å². The molecule has 0 aliphatic carbocycles. The van der Waals surface area contributed by atoms with Gasteiger partial charge in [-0.1, -0.05) is 33.8 Å². The highest BCUT2D eigenvalue weighted by Crippen LogP contribution is 2.22. The lowest BCUT2D eigenvalue weighted by atomic mass is 9.84. The Labute approximate surface area is 80.7 Å². The normalized spacial score (nSPS) is 16.4. The van der Waals surface area contributed by atoms with E-state index in [1.165, 1.54) is 6.08 Å². The van der Waals surface area contributed by atoms with Gasteiger partial charge in [-0.2, -0.15) is 0 Å². The summed E-state index contributed by atoms with van der Waals surface area (Å²) in [6.07, 6.45) is 3.82. The van der Waals surface area contributed by atoms with E-state index < -0.39 is 5.97 Å². The molecule has 0 aliphatic rings. The third-order valence-corrected chi connectivity index (χ3v) is 2.72. The lowest BCUT2D eigenvalue weighted by Gasteiger charge is -2.21. The number of carbonyl (C=O) groups is 1. The van der Waals surface area contributed by atoms with Crippen LogP contribution in [-0.4, -0.2) is 11.1 Å². The molecule has 2 heteroatoms. The fraction of sp³-hybridized carbons (Fsp3) is 0.727. The number of rotatable bonds is 5. The first-order valence-corrected chi connectivity index (χ1v) is 4.84. The average molecular weight is 184 g/mol. The Kier molecular flexibility index (Phi) is 5.44. The first kappa shape index (κ1) is 12.2. The summed E-state index contributed by atoms with van der Waals surface area (Å²) >= 11 is 0. The van der Waals surface area contributed by atoms with Crippen molar-refractivity contribution in [1.29, 1.82) is 0 Å². The van der Waals surface area contributed by atoms with Crippen LogP contribution in [0.25, 0.3) is 0 Å². The molecule has 0 aliphatic heterocycles. The fourth-order valence-corrected chi connectivity index (χ4v) is 1.26. The van der Waals surface area contributed by atoms with Gasteiger partial charge in [-0.25, -0.2) is 4.79 Å². The van der Waals surface area contributed by atoms with Crippen LogP contribution in [0, 0.1) is 17.8 Å². The van der Waals surface area contributed by atoms with Gasteiger partial charge in [-0.05, 0) is 24.2 Å². The summed E-state index contributed by atoms with van der Waals surface area (Å²) < 4.78 is 0. The fourth-order valence-electron chi connectivity index (χ4n) is 1.26. The largest absolute Gasteiger partial charge is 0.478 e. The zero-order chi connectivity index (χ0) is 10.4. The van der Waals surface area contributed by atoms with Gasteiger partial charge in [0.25, 0.3) is 0 Å². The molecule has 76 valence electrons. The molecule has 0 aromatic carbocycles. The maximum atomic E-state index is 10.2. The molecule has 0 aromatic heterocycles. The Balaban J connectivity index is 3.86. The highest BCUT2D eigenvalue weighted by atomic mass is 16.4. The highest BCUT2D eigenvalue weighted by molar-refractivity contribution is 5.79. The molecule has 2 nitrogen and oxygen atoms in total. The Morgan fingerprint density at radius 3 is 2.23 bits per heavy atom. The van der Waals surface area contributed by atoms with Crippen molar-refractivity contribution in [3.8, 4) is 0 Å². The van der Waals surface area contributed by atoms with Gasteiger partial charge in [0.2, 0.25) is 0 Å². The van der Waals surface area contributed by atoms with Crippen LogP contribution in [0.4, 0.5) is 0 Å². The van der Waals surface area contributed by atoms with Gasteiger partial charge in [-0.3, -0.25) is 0 Å². The zero-order valence-corrected chi connectivity index (χ0v) is 8.95. The van der Waals surface area contributed by atoms with Crippen molar-refractivity contribution in [2.75, 3.05) is 0 Å². The smallest absolute Gasteiger partial charge is 0.327 e. The van der Waals surface area contributed by atoms with E-state index in [0.717, 1.165) is 6.42 Å². The second-order valence-electron chi connectivity index (χ2n) is 4.06. The highest BCUT2D eigenvalue weighted by Gasteiger charge is 2.13. The standard InChI is InChI=1S/C11H20O2/c1-8(2)10(4)9(3)6-5-7-11(12)13/h5,7-10H,6H2,1-4H3,(H,12,13). The summed E-state index contributed by atoms with van der Waals surface area (Å²) in [4.78, 5) is 10.2. The Morgan fingerprint density at radius 1 is 1.31 bits per heavy atom. The van der Waals surface area contributed by atoms with Crippen molar-refractivity contribution in [2.24, 2.45) is 17.8 Å². The van der Waals surface area contributed by atoms with Gasteiger partial charge in [0.1, 0.15) is 0 Å². The van der Waals surface area contributed by atoms with E-state index in [-0.39, 0.29) is 0 Å². The molecule has 13 heavy (non-hydrogen) atoms. The number of hydrogen-bond donors (Lipinski definition) is 1. The monoisotopic (exact) mass is 184 g/mol. The van der Waals surface area contributed by atoms with Crippen LogP contribution >= 0.6 is 0 Å². The lowest BCUT2D eigenvalue weighted by molar-refractivity contribution is -0.131. The molecule has 0 radical (unpaired) electrons. The third kappa shape index (κ3) is 5.45. The zero-order valence-electron chi connectivity index (χ0n) is 8.95. The minimum atomic E-state index is -0.857. The predicted molar refractivity (Wildman–Crippen MR) is 54.6 cm³/mol. The molecule has 1 N–H and O–H groups in total. The number of carboxylic acid groups (broad SMARTS) is 1. The maximum Gasteiger partial charge on any atom is 0.327 e. The molecule has 0 bridgehead atoms. The topological polar surface area (TPSA) is 37.3 Å². The molecule has 0 saturated heterocycles. The molecular formula is C11H20O2. The lowest BCUT2D eigenvalue weighted by Crippen LogP contribution is -2.13. The van der Waals surface area contributed by atoms with E-state index in [9.17, 15) is 4.79 Å². The van der Waals surface area contributed by atoms with Crippen molar-refractivity contribution >= 4 is 5.97 Å². The van der Waals surface area contributed by atoms with Crippen molar-refractivity contribution < 1.29 is 9.90 Å². The van der Waals surface area contributed by atoms with E-state index in [4.69, 9.17) is 5.11 Å². The summed E-state index contributed by atoms with van der Waals surface area (Å²) in [7, 11) is 0. The van der Waals surface area contributed by atoms with Crippen LogP contribution in [-0.2, 0) is 4.79 Å². The Hall–Kier alpha value is -0.790. The SMILES string of the molecule is CC(C)C(C)C(C)CC=CC(=O)O. The van der Waals surface area contributed by atoms with Crippen molar-refractivity contribution in [3.63, 3.8) is 0 Å². The summed E-state index contributed by atoms with van der Waals surface area (Å²) in [5.41, 5.74) is 0. The number of hydrogen-bond acceptors (Lipinski definition) is 1. The Morgan fingerprint density at radius 2 is 1.85 bits per heavy atom. The first-order chi connectivity index (χ1) is 5.95. The molecule has 0 spiro atoms. The summed E-state index contributed by atoms with van der Waals surface area (Å²) in [6.45, 7) is 8.77. The maximum absolute atomic E-state index is 10.2. The van der Waals surface area contributed by atoms with Gasteiger partial charge in [0, 0.05) is 6.08 Å². The number of aliphatic carboxylic acids is 1. The predicted octanol–water partition coefficient (Wildman–Crippen LogP) is 2.95. The molecule has 0 rings (SSSR count). The average Bonchev–Trinajstić information content (AvgIpc) is 2.02. The minimum Gasteiger partial charge on any atom is -0.478 e. The van der Waals surface area contributed by atoms with Gasteiger partial charge in [0.05, 0.1) is 0 Å². The second kappa shape index (κ2) is 5.79. The van der Waals surface area contributed by atoms with Gasteiger partial charge in [0.15, 0.2) is 0 Å². The van der Waals surface area contributed by atoms with Gasteiger partial charge < -0.3 is 5.11 Å². The van der Waals surface area contributed by atoms with E-state index in [2.05, 4.69) is 27.7 Å². The van der Waals surface area contributed by atoms with Crippen molar-refractivity contribution in [3.05, 3.63) is 12.2 Å². The quantitative estimate of drug-likeness (QED) is 0.667. The molecule has 2 atom stereocenters. The Bertz CT molecular complexity index is 183. The first-order valence-electron chi connectivity index (χ1n) is 4.84. The van der Waals surface area contributed by atoms with Crippen LogP contribution in [0.2, 0.25) is 0 Å². The molecule has 0 heterocycles. The van der Waals surface area contributed by atoms with Gasteiger partial charge >= 0.3 is 5.97 Å². The summed E-state index contributed by atoms with van der Waals surface area (Å²) in [5, 5.41) is 8.39. The second-order valence-corrected chi connectivity index (χ2v) is 4.06. The molecule has 0 saturated carbocycles. The van der Waals surface area contributed by atoms with E-state index in [1.54, 1.807) is 6.08 Å². The molecule has 0 amide bonds. The van der Waals surface area contributed by atoms with Crippen LogP contribution in [0.1, 0.15) is 34.1 Å². The number of allylic oxidation sites excluding steroid dienone is 1. The van der Waals surface area contributed by atoms with Crippen LogP contribution in [0.15, 0.2) is 12.2 Å². The van der Waals surface area contributed by atoms with E-state index in [0.29, 0.717) is 17.8 Å². The summed E-state index contributed by atoms with van der Waals surface area (Å²) in [5.74, 6) is 0.992. The van der Waals surface area contributed by atoms with Gasteiger partial charge in [-0.15, -0.1) is 0 Å². The molecular weight excluding hydrogens is 164 g/mol. The van der Waals surface area contributed by atoms with Crippen LogP contribution in [0.5, 0.6) is 0 Å².